The van der Waals surface area contributed by atoms with Crippen LogP contribution in [0.3, 0.4) is 0 Å². The van der Waals surface area contributed by atoms with Gasteiger partial charge in [-0.15, -0.1) is 4.65 Å². The number of methoxy groups -OCH3 is 2. The van der Waals surface area contributed by atoms with E-state index in [0.29, 0.717) is 19.7 Å². The minimum atomic E-state index is -0.0184. The van der Waals surface area contributed by atoms with Crippen molar-refractivity contribution in [2.24, 2.45) is 0 Å². The van der Waals surface area contributed by atoms with Crippen molar-refractivity contribution in [3.63, 3.8) is 0 Å². The van der Waals surface area contributed by atoms with Crippen LogP contribution in [0.1, 0.15) is 0 Å². The summed E-state index contributed by atoms with van der Waals surface area (Å²) in [6, 6.07) is 0. The fourth-order valence-electron chi connectivity index (χ4n) is 0.979. The summed E-state index contributed by atoms with van der Waals surface area (Å²) >= 11 is 0. The third-order valence-electron chi connectivity index (χ3n) is 1.83. The Labute approximate surface area is 60.5 Å². The van der Waals surface area contributed by atoms with E-state index in [2.05, 4.69) is 0 Å². The van der Waals surface area contributed by atoms with Crippen LogP contribution in [0.2, 0.25) is 0 Å². The molecule has 1 heterocycles. The molecule has 1 aliphatic rings. The topological polar surface area (TPSA) is 38.7 Å². The van der Waals surface area contributed by atoms with Gasteiger partial charge in [0, 0.05) is 14.2 Å². The molecule has 0 saturated carbocycles. The molecule has 1 N–H and O–H groups in total. The van der Waals surface area contributed by atoms with Crippen LogP contribution in [-0.4, -0.2) is 50.0 Å². The van der Waals surface area contributed by atoms with Gasteiger partial charge in [-0.05, 0) is 0 Å². The summed E-state index contributed by atoms with van der Waals surface area (Å²) in [5.41, 5.74) is 0. The van der Waals surface area contributed by atoms with E-state index in [9.17, 15) is 5.21 Å². The van der Waals surface area contributed by atoms with Crippen LogP contribution in [0.4, 0.5) is 0 Å². The molecule has 1 aliphatic heterocycles. The van der Waals surface area contributed by atoms with Gasteiger partial charge in [0.1, 0.15) is 6.54 Å². The maximum atomic E-state index is 9.45. The highest BCUT2D eigenvalue weighted by molar-refractivity contribution is 4.56. The van der Waals surface area contributed by atoms with Crippen molar-refractivity contribution in [1.82, 2.24) is 0 Å². The number of rotatable bonds is 4. The normalized spacial score (nSPS) is 38.1. The van der Waals surface area contributed by atoms with Crippen molar-refractivity contribution < 1.29 is 19.3 Å². The summed E-state index contributed by atoms with van der Waals surface area (Å²) in [6.07, 6.45) is -0.0184. The molecule has 0 aromatic rings. The number of hydroxylamine groups is 3. The van der Waals surface area contributed by atoms with Crippen molar-refractivity contribution in [1.29, 1.82) is 0 Å². The molecule has 0 amide bonds. The molecule has 4 heteroatoms. The third-order valence-corrected chi connectivity index (χ3v) is 1.83. The monoisotopic (exact) mass is 148 g/mol. The first-order chi connectivity index (χ1) is 4.73. The Kier molecular flexibility index (Phi) is 2.25. The van der Waals surface area contributed by atoms with Crippen LogP contribution in [0, 0.1) is 0 Å². The Balaban J connectivity index is 2.16. The largest absolute Gasteiger partial charge is 0.379 e. The van der Waals surface area contributed by atoms with Crippen LogP contribution in [0.15, 0.2) is 0 Å². The van der Waals surface area contributed by atoms with Crippen molar-refractivity contribution in [3.05, 3.63) is 0 Å². The predicted molar refractivity (Wildman–Crippen MR) is 34.5 cm³/mol. The summed E-state index contributed by atoms with van der Waals surface area (Å²) in [5, 5.41) is 9.45. The number of nitrogens with zero attached hydrogens (tertiary/aromatic N) is 1. The van der Waals surface area contributed by atoms with Gasteiger partial charge < -0.3 is 9.47 Å². The fraction of sp³-hybridized carbons (Fsp3) is 1.00. The summed E-state index contributed by atoms with van der Waals surface area (Å²) in [5.74, 6) is 0. The molecule has 1 rings (SSSR count). The second-order valence-electron chi connectivity index (χ2n) is 2.58. The molecule has 1 saturated heterocycles. The molecule has 0 spiro atoms. The summed E-state index contributed by atoms with van der Waals surface area (Å²) in [4.78, 5) is 0. The zero-order valence-corrected chi connectivity index (χ0v) is 6.41. The van der Waals surface area contributed by atoms with E-state index in [1.807, 2.05) is 0 Å². The van der Waals surface area contributed by atoms with Crippen LogP contribution < -0.4 is 0 Å². The molecule has 0 aliphatic carbocycles. The number of quaternary nitrogens is 1. The zero-order chi connectivity index (χ0) is 7.61. The number of ether oxygens (including phenoxy) is 2. The molecule has 2 unspecified atom stereocenters. The van der Waals surface area contributed by atoms with Crippen molar-refractivity contribution >= 4 is 0 Å². The first-order valence-electron chi connectivity index (χ1n) is 3.34. The summed E-state index contributed by atoms with van der Waals surface area (Å²) in [6.45, 7) is 1.89. The highest BCUT2D eigenvalue weighted by Crippen LogP contribution is 2.26. The van der Waals surface area contributed by atoms with Crippen LogP contribution in [-0.2, 0) is 9.47 Å². The minimum Gasteiger partial charge on any atom is -0.379 e. The Morgan fingerprint density at radius 1 is 1.60 bits per heavy atom. The lowest BCUT2D eigenvalue weighted by molar-refractivity contribution is -1.02. The molecule has 60 valence electrons. The van der Waals surface area contributed by atoms with Crippen molar-refractivity contribution in [3.8, 4) is 0 Å². The van der Waals surface area contributed by atoms with Gasteiger partial charge >= 0.3 is 0 Å². The lowest BCUT2D eigenvalue weighted by Crippen LogP contribution is -2.29. The van der Waals surface area contributed by atoms with Gasteiger partial charge in [0.15, 0.2) is 6.54 Å². The van der Waals surface area contributed by atoms with Gasteiger partial charge in [-0.2, -0.15) is 0 Å². The highest BCUT2D eigenvalue weighted by Gasteiger charge is 2.56. The highest BCUT2D eigenvalue weighted by atomic mass is 16.7. The maximum Gasteiger partial charge on any atom is 0.276 e. The Bertz CT molecular complexity index is 120. The van der Waals surface area contributed by atoms with Gasteiger partial charge in [-0.3, -0.25) is 0 Å². The van der Waals surface area contributed by atoms with Gasteiger partial charge in [-0.1, -0.05) is 0 Å². The standard InChI is InChI=1S/C6H14NO3/c1-9-4-3-7(8)5-6(7)10-2/h6,8H,3-5H2,1-2H3/q+1. The molecule has 0 aromatic heterocycles. The minimum absolute atomic E-state index is 0.0182. The van der Waals surface area contributed by atoms with Crippen LogP contribution >= 0.6 is 0 Å². The van der Waals surface area contributed by atoms with Gasteiger partial charge in [-0.25, -0.2) is 5.21 Å². The lowest BCUT2D eigenvalue weighted by atomic mass is 10.7. The van der Waals surface area contributed by atoms with E-state index in [4.69, 9.17) is 9.47 Å². The van der Waals surface area contributed by atoms with Crippen molar-refractivity contribution in [2.75, 3.05) is 33.9 Å². The van der Waals surface area contributed by atoms with E-state index < -0.39 is 0 Å². The Morgan fingerprint density at radius 3 is 2.70 bits per heavy atom. The third kappa shape index (κ3) is 1.46. The summed E-state index contributed by atoms with van der Waals surface area (Å²) in [7, 11) is 3.23. The van der Waals surface area contributed by atoms with Gasteiger partial charge in [0.05, 0.1) is 6.61 Å². The van der Waals surface area contributed by atoms with Crippen LogP contribution in [0.5, 0.6) is 0 Å². The molecule has 2 atom stereocenters. The van der Waals surface area contributed by atoms with E-state index in [-0.39, 0.29) is 10.9 Å². The molecule has 1 fully saturated rings. The molecule has 0 bridgehead atoms. The maximum absolute atomic E-state index is 9.45. The molecular formula is C6H14NO3+. The second-order valence-corrected chi connectivity index (χ2v) is 2.58. The zero-order valence-electron chi connectivity index (χ0n) is 6.41. The number of hydrogen-bond donors (Lipinski definition) is 1. The van der Waals surface area contributed by atoms with Crippen molar-refractivity contribution in [2.45, 2.75) is 6.23 Å². The molecule has 0 aromatic carbocycles. The lowest BCUT2D eigenvalue weighted by Gasteiger charge is -2.07. The molecule has 10 heavy (non-hydrogen) atoms. The molecular weight excluding hydrogens is 134 g/mol. The SMILES string of the molecule is COCC[N+]1(O)CC1OC. The first-order valence-corrected chi connectivity index (χ1v) is 3.34. The predicted octanol–water partition coefficient (Wildman–Crippen LogP) is -0.175. The van der Waals surface area contributed by atoms with E-state index in [1.54, 1.807) is 14.2 Å². The Morgan fingerprint density at radius 2 is 2.30 bits per heavy atom. The van der Waals surface area contributed by atoms with Gasteiger partial charge in [0.2, 0.25) is 0 Å². The molecule has 4 nitrogen and oxygen atoms in total. The summed E-state index contributed by atoms with van der Waals surface area (Å²) < 4.78 is 9.78. The van der Waals surface area contributed by atoms with Gasteiger partial charge in [0.25, 0.3) is 6.23 Å². The van der Waals surface area contributed by atoms with E-state index in [1.165, 1.54) is 0 Å². The smallest absolute Gasteiger partial charge is 0.276 e. The van der Waals surface area contributed by atoms with E-state index >= 15 is 0 Å². The average molecular weight is 148 g/mol. The first kappa shape index (κ1) is 7.94. The second kappa shape index (κ2) is 2.84. The van der Waals surface area contributed by atoms with E-state index in [0.717, 1.165) is 0 Å². The van der Waals surface area contributed by atoms with Crippen LogP contribution in [0.25, 0.3) is 0 Å². The quantitative estimate of drug-likeness (QED) is 0.444. The average Bonchev–Trinajstić information content (AvgIpc) is 2.59. The molecule has 0 radical (unpaired) electrons. The fourth-order valence-corrected chi connectivity index (χ4v) is 0.979. The Hall–Kier alpha value is -0.160. The number of hydrogen-bond acceptors (Lipinski definition) is 3.